The van der Waals surface area contributed by atoms with Gasteiger partial charge in [-0.3, -0.25) is 9.59 Å². The Bertz CT molecular complexity index is 1540. The maximum atomic E-state index is 13.0. The highest BCUT2D eigenvalue weighted by atomic mass is 16.5. The number of H-pyrrole nitrogens is 2. The first-order chi connectivity index (χ1) is 23.2. The van der Waals surface area contributed by atoms with Crippen molar-refractivity contribution in [2.75, 3.05) is 27.3 Å². The van der Waals surface area contributed by atoms with E-state index in [-0.39, 0.29) is 23.9 Å². The number of nitrogens with one attached hydrogen (secondary N) is 4. The molecule has 14 heteroatoms. The number of hydrogen-bond donors (Lipinski definition) is 4. The second kappa shape index (κ2) is 15.5. The van der Waals surface area contributed by atoms with Crippen molar-refractivity contribution in [3.05, 3.63) is 70.8 Å². The zero-order chi connectivity index (χ0) is 34.2. The number of methoxy groups -OCH3 is 2. The molecule has 0 bridgehead atoms. The molecule has 2 saturated heterocycles. The van der Waals surface area contributed by atoms with Gasteiger partial charge in [0.15, 0.2) is 0 Å². The number of amides is 4. The fourth-order valence-electron chi connectivity index (χ4n) is 6.02. The minimum absolute atomic E-state index is 0.174. The van der Waals surface area contributed by atoms with Crippen LogP contribution in [0.3, 0.4) is 0 Å². The molecule has 4 amide bonds. The Morgan fingerprint density at radius 3 is 1.50 bits per heavy atom. The number of rotatable bonds is 10. The quantitative estimate of drug-likeness (QED) is 0.250. The van der Waals surface area contributed by atoms with Gasteiger partial charge in [0.2, 0.25) is 11.8 Å². The molecular weight excluding hydrogens is 616 g/mol. The number of likely N-dealkylation sites (tertiary alicyclic amines) is 2. The molecular formula is C34H42N8O6. The molecule has 4 atom stereocenters. The predicted molar refractivity (Wildman–Crippen MR) is 179 cm³/mol. The van der Waals surface area contributed by atoms with Gasteiger partial charge in [-0.25, -0.2) is 19.6 Å². The number of hydrogen-bond acceptors (Lipinski definition) is 8. The Morgan fingerprint density at radius 1 is 0.729 bits per heavy atom. The largest absolute Gasteiger partial charge is 0.453 e. The standard InChI is InChI=1S/C34H42N8O6/c1-21(37-33(45)47-3)31(43)41-17-5-7-27(41)29-35-19-25(39-29)15-13-23-9-11-24(12-10-23)14-16-26-20-36-30(40-26)28-8-6-18-42(28)32(44)22(2)38-34(46)48-4/h9-16,19-22,27-28H,5-8,17-18H2,1-4H3,(H,35,39)(H,36,40)(H,37,45)(H,38,46)/b15-13+,16-14+/t21-,22-,27-,28-/m0/s1. The predicted octanol–water partition coefficient (Wildman–Crippen LogP) is 4.29. The van der Waals surface area contributed by atoms with Crippen LogP contribution < -0.4 is 10.6 Å². The summed E-state index contributed by atoms with van der Waals surface area (Å²) < 4.78 is 9.23. The van der Waals surface area contributed by atoms with Crippen molar-refractivity contribution in [2.45, 2.75) is 63.7 Å². The molecule has 2 aliphatic rings. The van der Waals surface area contributed by atoms with Crippen molar-refractivity contribution in [3.8, 4) is 0 Å². The Kier molecular flexibility index (Phi) is 10.9. The van der Waals surface area contributed by atoms with E-state index in [0.717, 1.165) is 48.2 Å². The normalized spacial score (nSPS) is 19.1. The van der Waals surface area contributed by atoms with Gasteiger partial charge < -0.3 is 39.9 Å². The van der Waals surface area contributed by atoms with Crippen LogP contribution in [0.2, 0.25) is 0 Å². The van der Waals surface area contributed by atoms with Crippen LogP contribution in [0.1, 0.15) is 85.8 Å². The lowest BCUT2D eigenvalue weighted by Gasteiger charge is -2.26. The molecule has 4 N–H and O–H groups in total. The molecule has 48 heavy (non-hydrogen) atoms. The van der Waals surface area contributed by atoms with Crippen molar-refractivity contribution in [2.24, 2.45) is 0 Å². The van der Waals surface area contributed by atoms with Gasteiger partial charge in [0, 0.05) is 13.1 Å². The molecule has 0 radical (unpaired) electrons. The minimum atomic E-state index is -0.699. The third kappa shape index (κ3) is 8.11. The van der Waals surface area contributed by atoms with E-state index in [1.54, 1.807) is 36.0 Å². The van der Waals surface area contributed by atoms with E-state index in [1.807, 2.05) is 48.6 Å². The first kappa shape index (κ1) is 33.9. The number of nitrogens with zero attached hydrogens (tertiary/aromatic N) is 4. The number of benzene rings is 1. The van der Waals surface area contributed by atoms with Gasteiger partial charge >= 0.3 is 12.2 Å². The highest BCUT2D eigenvalue weighted by Crippen LogP contribution is 2.32. The Labute approximate surface area is 279 Å². The summed E-state index contributed by atoms with van der Waals surface area (Å²) in [7, 11) is 2.53. The highest BCUT2D eigenvalue weighted by molar-refractivity contribution is 5.86. The molecule has 14 nitrogen and oxygen atoms in total. The Balaban J connectivity index is 1.16. The lowest BCUT2D eigenvalue weighted by atomic mass is 10.1. The second-order valence-electron chi connectivity index (χ2n) is 11.9. The average Bonchev–Trinajstić information content (AvgIpc) is 3.92. The van der Waals surface area contributed by atoms with Crippen LogP contribution in [0, 0.1) is 0 Å². The topological polar surface area (TPSA) is 175 Å². The van der Waals surface area contributed by atoms with Crippen LogP contribution in [-0.4, -0.2) is 93.1 Å². The van der Waals surface area contributed by atoms with Crippen LogP contribution in [0.15, 0.2) is 36.7 Å². The summed E-state index contributed by atoms with van der Waals surface area (Å²) in [6.45, 7) is 4.49. The van der Waals surface area contributed by atoms with Crippen LogP contribution >= 0.6 is 0 Å². The summed E-state index contributed by atoms with van der Waals surface area (Å²) in [6, 6.07) is 6.31. The molecule has 2 aromatic heterocycles. The molecule has 2 fully saturated rings. The number of aromatic nitrogens is 4. The van der Waals surface area contributed by atoms with E-state index in [0.29, 0.717) is 24.7 Å². The number of carbonyl (C=O) groups excluding carboxylic acids is 4. The highest BCUT2D eigenvalue weighted by Gasteiger charge is 2.36. The molecule has 0 unspecified atom stereocenters. The first-order valence-corrected chi connectivity index (χ1v) is 16.0. The van der Waals surface area contributed by atoms with Crippen molar-refractivity contribution in [1.82, 2.24) is 40.4 Å². The molecule has 0 spiro atoms. The second-order valence-corrected chi connectivity index (χ2v) is 11.9. The number of carbonyl (C=O) groups is 4. The average molecular weight is 659 g/mol. The van der Waals surface area contributed by atoms with Gasteiger partial charge in [0.25, 0.3) is 0 Å². The van der Waals surface area contributed by atoms with Gasteiger partial charge in [0.1, 0.15) is 23.7 Å². The lowest BCUT2D eigenvalue weighted by Crippen LogP contribution is -2.46. The maximum Gasteiger partial charge on any atom is 0.407 e. The number of imidazole rings is 2. The summed E-state index contributed by atoms with van der Waals surface area (Å²) in [5.41, 5.74) is 3.66. The SMILES string of the molecule is COC(=O)N[C@@H](C)C(=O)N1CCC[C@H]1c1ncc(/C=C/c2ccc(/C=C/c3cnc([C@@H]4CCCN4C(=O)[C@H](C)NC(=O)OC)[nH]3)cc2)[nH]1. The van der Waals surface area contributed by atoms with Crippen molar-refractivity contribution in [1.29, 1.82) is 0 Å². The van der Waals surface area contributed by atoms with Crippen LogP contribution in [-0.2, 0) is 19.1 Å². The van der Waals surface area contributed by atoms with Crippen molar-refractivity contribution >= 4 is 48.3 Å². The number of ether oxygens (including phenoxy) is 2. The van der Waals surface area contributed by atoms with E-state index in [9.17, 15) is 19.2 Å². The van der Waals surface area contributed by atoms with Crippen molar-refractivity contribution in [3.63, 3.8) is 0 Å². The van der Waals surface area contributed by atoms with Crippen molar-refractivity contribution < 1.29 is 28.7 Å². The van der Waals surface area contributed by atoms with Gasteiger partial charge in [-0.2, -0.15) is 0 Å². The van der Waals surface area contributed by atoms with Gasteiger partial charge in [-0.05, 0) is 62.8 Å². The maximum absolute atomic E-state index is 13.0. The van der Waals surface area contributed by atoms with Crippen LogP contribution in [0.25, 0.3) is 24.3 Å². The third-order valence-corrected chi connectivity index (χ3v) is 8.56. The smallest absolute Gasteiger partial charge is 0.407 e. The zero-order valence-corrected chi connectivity index (χ0v) is 27.6. The van der Waals surface area contributed by atoms with E-state index in [4.69, 9.17) is 0 Å². The molecule has 4 heterocycles. The number of alkyl carbamates (subject to hydrolysis) is 2. The number of aromatic amines is 2. The summed E-state index contributed by atoms with van der Waals surface area (Å²) >= 11 is 0. The van der Waals surface area contributed by atoms with E-state index < -0.39 is 24.3 Å². The summed E-state index contributed by atoms with van der Waals surface area (Å²) in [5, 5.41) is 5.08. The Hall–Kier alpha value is -5.40. The van der Waals surface area contributed by atoms with Gasteiger partial charge in [-0.15, -0.1) is 0 Å². The first-order valence-electron chi connectivity index (χ1n) is 16.0. The van der Waals surface area contributed by atoms with E-state index >= 15 is 0 Å². The molecule has 5 rings (SSSR count). The zero-order valence-electron chi connectivity index (χ0n) is 27.6. The molecule has 0 aliphatic carbocycles. The van der Waals surface area contributed by atoms with E-state index in [1.165, 1.54) is 14.2 Å². The third-order valence-electron chi connectivity index (χ3n) is 8.56. The molecule has 0 saturated carbocycles. The fraction of sp³-hybridized carbons (Fsp3) is 0.412. The van der Waals surface area contributed by atoms with Gasteiger partial charge in [-0.1, -0.05) is 36.4 Å². The fourth-order valence-corrected chi connectivity index (χ4v) is 6.02. The molecule has 3 aromatic rings. The summed E-state index contributed by atoms with van der Waals surface area (Å²) in [4.78, 5) is 68.3. The van der Waals surface area contributed by atoms with Crippen LogP contribution in [0.5, 0.6) is 0 Å². The van der Waals surface area contributed by atoms with Crippen LogP contribution in [0.4, 0.5) is 9.59 Å². The molecule has 1 aromatic carbocycles. The van der Waals surface area contributed by atoms with E-state index in [2.05, 4.69) is 40.0 Å². The monoisotopic (exact) mass is 658 g/mol. The molecule has 254 valence electrons. The lowest BCUT2D eigenvalue weighted by molar-refractivity contribution is -0.134. The molecule has 2 aliphatic heterocycles. The summed E-state index contributed by atoms with van der Waals surface area (Å²) in [5.74, 6) is 1.08. The summed E-state index contributed by atoms with van der Waals surface area (Å²) in [6.07, 6.45) is 13.4. The minimum Gasteiger partial charge on any atom is -0.453 e. The Morgan fingerprint density at radius 2 is 1.12 bits per heavy atom. The van der Waals surface area contributed by atoms with Gasteiger partial charge in [0.05, 0.1) is 50.1 Å².